The third-order valence-corrected chi connectivity index (χ3v) is 5.00. The molecule has 1 N–H and O–H groups in total. The maximum atomic E-state index is 12.8. The van der Waals surface area contributed by atoms with Gasteiger partial charge in [-0.2, -0.15) is 5.10 Å². The van der Waals surface area contributed by atoms with Gasteiger partial charge >= 0.3 is 5.97 Å². The van der Waals surface area contributed by atoms with Crippen LogP contribution in [-0.4, -0.2) is 44.8 Å². The molecule has 0 aliphatic carbocycles. The van der Waals surface area contributed by atoms with Crippen molar-refractivity contribution in [2.45, 2.75) is 65.3 Å². The molecule has 1 aliphatic rings. The molecule has 0 saturated carbocycles. The van der Waals surface area contributed by atoms with Gasteiger partial charge < -0.3 is 10.0 Å². The maximum absolute atomic E-state index is 12.8. The van der Waals surface area contributed by atoms with E-state index in [0.29, 0.717) is 24.7 Å². The van der Waals surface area contributed by atoms with E-state index in [0.717, 1.165) is 37.9 Å². The van der Waals surface area contributed by atoms with Crippen LogP contribution in [0.4, 0.5) is 0 Å². The number of piperidine rings is 1. The Labute approximate surface area is 143 Å². The predicted octanol–water partition coefficient (Wildman–Crippen LogP) is 3.27. The fraction of sp³-hybridized carbons (Fsp3) is 0.722. The largest absolute Gasteiger partial charge is 0.481 e. The van der Waals surface area contributed by atoms with E-state index in [9.17, 15) is 9.59 Å². The van der Waals surface area contributed by atoms with Crippen molar-refractivity contribution < 1.29 is 14.7 Å². The maximum Gasteiger partial charge on any atom is 0.303 e. The minimum absolute atomic E-state index is 0.0252. The molecule has 2 heterocycles. The number of aryl methyl sites for hydroxylation is 1. The van der Waals surface area contributed by atoms with Crippen molar-refractivity contribution in [2.24, 2.45) is 5.92 Å². The zero-order chi connectivity index (χ0) is 17.7. The Balaban J connectivity index is 2.05. The Morgan fingerprint density at radius 3 is 2.71 bits per heavy atom. The highest BCUT2D eigenvalue weighted by atomic mass is 16.4. The van der Waals surface area contributed by atoms with Crippen molar-refractivity contribution in [2.75, 3.05) is 13.1 Å². The summed E-state index contributed by atoms with van der Waals surface area (Å²) in [7, 11) is 0. The van der Waals surface area contributed by atoms with Gasteiger partial charge in [0.1, 0.15) is 0 Å². The topological polar surface area (TPSA) is 75.4 Å². The fourth-order valence-electron chi connectivity index (χ4n) is 3.57. The third-order valence-electron chi connectivity index (χ3n) is 5.00. The summed E-state index contributed by atoms with van der Waals surface area (Å²) in [4.78, 5) is 25.4. The van der Waals surface area contributed by atoms with Crippen LogP contribution in [0.5, 0.6) is 0 Å². The van der Waals surface area contributed by atoms with Crippen LogP contribution in [0.25, 0.3) is 0 Å². The summed E-state index contributed by atoms with van der Waals surface area (Å²) in [5, 5.41) is 13.4. The Bertz CT molecular complexity index is 578. The highest BCUT2D eigenvalue weighted by Crippen LogP contribution is 2.23. The van der Waals surface area contributed by atoms with Crippen molar-refractivity contribution in [3.8, 4) is 0 Å². The summed E-state index contributed by atoms with van der Waals surface area (Å²) in [6.45, 7) is 7.64. The third kappa shape index (κ3) is 4.36. The lowest BCUT2D eigenvalue weighted by Gasteiger charge is -2.32. The van der Waals surface area contributed by atoms with Gasteiger partial charge in [-0.25, -0.2) is 0 Å². The lowest BCUT2D eigenvalue weighted by molar-refractivity contribution is -0.137. The van der Waals surface area contributed by atoms with E-state index in [4.69, 9.17) is 5.11 Å². The van der Waals surface area contributed by atoms with E-state index in [2.05, 4.69) is 18.9 Å². The highest BCUT2D eigenvalue weighted by Gasteiger charge is 2.27. The number of rotatable bonds is 7. The number of likely N-dealkylation sites (tertiary alicyclic amines) is 1. The second kappa shape index (κ2) is 8.31. The summed E-state index contributed by atoms with van der Waals surface area (Å²) in [6.07, 6.45) is 4.73. The van der Waals surface area contributed by atoms with Crippen LogP contribution in [0.3, 0.4) is 0 Å². The van der Waals surface area contributed by atoms with Crippen molar-refractivity contribution in [1.29, 1.82) is 0 Å². The van der Waals surface area contributed by atoms with Crippen LogP contribution < -0.4 is 0 Å². The quantitative estimate of drug-likeness (QED) is 0.830. The molecule has 6 heteroatoms. The number of hydrogen-bond donors (Lipinski definition) is 1. The number of carbonyl (C=O) groups excluding carboxylic acids is 1. The Morgan fingerprint density at radius 2 is 2.08 bits per heavy atom. The van der Waals surface area contributed by atoms with Gasteiger partial charge in [0.05, 0.1) is 6.04 Å². The molecule has 1 aromatic heterocycles. The Morgan fingerprint density at radius 1 is 1.38 bits per heavy atom. The lowest BCUT2D eigenvalue weighted by Crippen LogP contribution is -2.40. The van der Waals surface area contributed by atoms with Crippen LogP contribution in [0, 0.1) is 12.8 Å². The number of carbonyl (C=O) groups is 2. The molecule has 1 fully saturated rings. The zero-order valence-electron chi connectivity index (χ0n) is 15.0. The number of carboxylic acid groups (broad SMARTS) is 1. The second-order valence-corrected chi connectivity index (χ2v) is 6.78. The van der Waals surface area contributed by atoms with E-state index in [1.165, 1.54) is 0 Å². The van der Waals surface area contributed by atoms with Crippen molar-refractivity contribution in [3.63, 3.8) is 0 Å². The molecule has 1 amide bonds. The summed E-state index contributed by atoms with van der Waals surface area (Å²) < 4.78 is 1.97. The van der Waals surface area contributed by atoms with Crippen LogP contribution in [0.15, 0.2) is 6.07 Å². The van der Waals surface area contributed by atoms with Gasteiger partial charge in [0.25, 0.3) is 5.91 Å². The van der Waals surface area contributed by atoms with Gasteiger partial charge in [-0.3, -0.25) is 14.3 Å². The van der Waals surface area contributed by atoms with Crippen LogP contribution >= 0.6 is 0 Å². The Hall–Kier alpha value is -1.85. The molecule has 0 aromatic carbocycles. The van der Waals surface area contributed by atoms with E-state index >= 15 is 0 Å². The number of hydrogen-bond acceptors (Lipinski definition) is 3. The summed E-state index contributed by atoms with van der Waals surface area (Å²) in [6, 6.07) is 2.21. The molecule has 2 rings (SSSR count). The van der Waals surface area contributed by atoms with Gasteiger partial charge in [-0.05, 0) is 51.0 Å². The molecular formula is C18H29N3O3. The average molecular weight is 335 g/mol. The normalized spacial score (nSPS) is 18.2. The van der Waals surface area contributed by atoms with Crippen LogP contribution in [0.2, 0.25) is 0 Å². The fourth-order valence-corrected chi connectivity index (χ4v) is 3.57. The molecule has 1 aliphatic heterocycles. The molecule has 134 valence electrons. The van der Waals surface area contributed by atoms with Gasteiger partial charge in [-0.1, -0.05) is 13.8 Å². The smallest absolute Gasteiger partial charge is 0.303 e. The predicted molar refractivity (Wildman–Crippen MR) is 92.1 cm³/mol. The molecule has 0 radical (unpaired) electrons. The van der Waals surface area contributed by atoms with Gasteiger partial charge in [0.15, 0.2) is 5.69 Å². The molecular weight excluding hydrogens is 306 g/mol. The molecule has 1 aromatic rings. The molecule has 24 heavy (non-hydrogen) atoms. The molecule has 6 nitrogen and oxygen atoms in total. The minimum atomic E-state index is -0.766. The monoisotopic (exact) mass is 335 g/mol. The SMILES string of the molecule is CCC(CC)n1nc(C(=O)N2CCCC(CCC(=O)O)C2)cc1C. The van der Waals surface area contributed by atoms with Crippen LogP contribution in [-0.2, 0) is 4.79 Å². The number of carboxylic acids is 1. The average Bonchev–Trinajstić information content (AvgIpc) is 2.95. The first-order chi connectivity index (χ1) is 11.5. The van der Waals surface area contributed by atoms with Crippen molar-refractivity contribution in [3.05, 3.63) is 17.5 Å². The number of aliphatic carboxylic acids is 1. The summed E-state index contributed by atoms with van der Waals surface area (Å²) in [5.74, 6) is -0.512. The van der Waals surface area contributed by atoms with E-state index in [-0.39, 0.29) is 18.2 Å². The standard InChI is InChI=1S/C18H29N3O3/c1-4-15(5-2)21-13(3)11-16(19-21)18(24)20-10-6-7-14(12-20)8-9-17(22)23/h11,14-15H,4-10,12H2,1-3H3,(H,22,23). The molecule has 0 spiro atoms. The van der Waals surface area contributed by atoms with Crippen molar-refractivity contribution in [1.82, 2.24) is 14.7 Å². The second-order valence-electron chi connectivity index (χ2n) is 6.78. The molecule has 0 bridgehead atoms. The first-order valence-corrected chi connectivity index (χ1v) is 9.03. The zero-order valence-corrected chi connectivity index (χ0v) is 15.0. The molecule has 1 atom stereocenters. The molecule has 1 saturated heterocycles. The Kier molecular flexibility index (Phi) is 6.40. The number of aromatic nitrogens is 2. The van der Waals surface area contributed by atoms with Gasteiger partial charge in [-0.15, -0.1) is 0 Å². The summed E-state index contributed by atoms with van der Waals surface area (Å²) in [5.41, 5.74) is 1.53. The number of nitrogens with zero attached hydrogens (tertiary/aromatic N) is 3. The summed E-state index contributed by atoms with van der Waals surface area (Å²) >= 11 is 0. The minimum Gasteiger partial charge on any atom is -0.481 e. The lowest BCUT2D eigenvalue weighted by atomic mass is 9.93. The van der Waals surface area contributed by atoms with E-state index in [1.54, 1.807) is 0 Å². The van der Waals surface area contributed by atoms with Gasteiger partial charge in [0, 0.05) is 25.2 Å². The highest BCUT2D eigenvalue weighted by molar-refractivity contribution is 5.92. The van der Waals surface area contributed by atoms with Gasteiger partial charge in [0.2, 0.25) is 0 Å². The van der Waals surface area contributed by atoms with E-state index < -0.39 is 5.97 Å². The number of amides is 1. The van der Waals surface area contributed by atoms with E-state index in [1.807, 2.05) is 22.6 Å². The molecule has 1 unspecified atom stereocenters. The first kappa shape index (κ1) is 18.5. The van der Waals surface area contributed by atoms with Crippen LogP contribution in [0.1, 0.15) is 74.6 Å². The van der Waals surface area contributed by atoms with Crippen molar-refractivity contribution >= 4 is 11.9 Å². The first-order valence-electron chi connectivity index (χ1n) is 9.03.